The molecule has 0 spiro atoms. The van der Waals surface area contributed by atoms with Gasteiger partial charge in [0.25, 0.3) is 0 Å². The lowest BCUT2D eigenvalue weighted by Gasteiger charge is -2.27. The lowest BCUT2D eigenvalue weighted by atomic mass is 10.1. The van der Waals surface area contributed by atoms with Crippen molar-refractivity contribution >= 4 is 11.6 Å². The first-order valence-electron chi connectivity index (χ1n) is 7.19. The van der Waals surface area contributed by atoms with Gasteiger partial charge in [-0.3, -0.25) is 4.79 Å². The molecule has 0 bridgehead atoms. The van der Waals surface area contributed by atoms with Crippen LogP contribution in [-0.4, -0.2) is 29.9 Å². The third-order valence-corrected chi connectivity index (χ3v) is 3.60. The highest BCUT2D eigenvalue weighted by Crippen LogP contribution is 2.14. The normalized spacial score (nSPS) is 16.3. The molecule has 1 heterocycles. The Morgan fingerprint density at radius 1 is 1.40 bits per heavy atom. The molecule has 1 unspecified atom stereocenters. The van der Waals surface area contributed by atoms with E-state index < -0.39 is 6.04 Å². The number of hydrogen-bond acceptors (Lipinski definition) is 3. The fourth-order valence-corrected chi connectivity index (χ4v) is 2.51. The second-order valence-electron chi connectivity index (χ2n) is 5.34. The number of carbonyl (C=O) groups excluding carboxylic acids is 1. The van der Waals surface area contributed by atoms with Gasteiger partial charge >= 0.3 is 0 Å². The number of likely N-dealkylation sites (tertiary alicyclic amines) is 1. The first kappa shape index (κ1) is 14.4. The number of anilines is 1. The highest BCUT2D eigenvalue weighted by Gasteiger charge is 2.20. The topological polar surface area (TPSA) is 56.1 Å². The zero-order valence-electron chi connectivity index (χ0n) is 11.9. The van der Waals surface area contributed by atoms with E-state index in [2.05, 4.69) is 11.4 Å². The predicted octanol–water partition coefficient (Wildman–Crippen LogP) is 2.70. The fourth-order valence-electron chi connectivity index (χ4n) is 2.51. The Hall–Kier alpha value is -2.02. The van der Waals surface area contributed by atoms with Gasteiger partial charge in [-0.1, -0.05) is 12.1 Å². The summed E-state index contributed by atoms with van der Waals surface area (Å²) in [5, 5.41) is 12.4. The largest absolute Gasteiger partial charge is 0.369 e. The Labute approximate surface area is 120 Å². The zero-order chi connectivity index (χ0) is 14.4. The van der Waals surface area contributed by atoms with Gasteiger partial charge in [0.2, 0.25) is 5.91 Å². The summed E-state index contributed by atoms with van der Waals surface area (Å²) < 4.78 is 0. The van der Waals surface area contributed by atoms with Crippen LogP contribution in [0.5, 0.6) is 0 Å². The summed E-state index contributed by atoms with van der Waals surface area (Å²) in [4.78, 5) is 14.0. The van der Waals surface area contributed by atoms with Crippen molar-refractivity contribution in [2.24, 2.45) is 0 Å². The maximum atomic E-state index is 12.2. The van der Waals surface area contributed by atoms with Gasteiger partial charge in [-0.15, -0.1) is 0 Å². The van der Waals surface area contributed by atoms with Crippen molar-refractivity contribution in [1.29, 1.82) is 5.26 Å². The number of amides is 1. The first-order chi connectivity index (χ1) is 9.69. The van der Waals surface area contributed by atoms with Crippen LogP contribution in [0, 0.1) is 18.3 Å². The van der Waals surface area contributed by atoms with E-state index in [1.54, 1.807) is 0 Å². The van der Waals surface area contributed by atoms with Crippen LogP contribution in [0.2, 0.25) is 0 Å². The quantitative estimate of drug-likeness (QED) is 0.916. The van der Waals surface area contributed by atoms with Crippen LogP contribution in [0.3, 0.4) is 0 Å². The van der Waals surface area contributed by atoms with Crippen LogP contribution in [0.25, 0.3) is 0 Å². The van der Waals surface area contributed by atoms with E-state index in [4.69, 9.17) is 0 Å². The number of piperidine rings is 1. The molecule has 1 saturated heterocycles. The van der Waals surface area contributed by atoms with Gasteiger partial charge in [0.1, 0.15) is 6.04 Å². The van der Waals surface area contributed by atoms with Crippen LogP contribution >= 0.6 is 0 Å². The van der Waals surface area contributed by atoms with E-state index in [9.17, 15) is 10.1 Å². The predicted molar refractivity (Wildman–Crippen MR) is 79.3 cm³/mol. The Balaban J connectivity index is 1.92. The van der Waals surface area contributed by atoms with Gasteiger partial charge in [0.05, 0.1) is 12.5 Å². The summed E-state index contributed by atoms with van der Waals surface area (Å²) >= 11 is 0. The molecule has 0 aromatic heterocycles. The smallest absolute Gasteiger partial charge is 0.225 e. The highest BCUT2D eigenvalue weighted by molar-refractivity contribution is 5.78. The number of rotatable bonds is 4. The Morgan fingerprint density at radius 3 is 2.80 bits per heavy atom. The number of nitriles is 1. The molecule has 0 radical (unpaired) electrons. The Bertz CT molecular complexity index is 501. The summed E-state index contributed by atoms with van der Waals surface area (Å²) in [6.07, 6.45) is 3.60. The van der Waals surface area contributed by atoms with Gasteiger partial charge in [-0.05, 0) is 43.9 Å². The second kappa shape index (κ2) is 6.95. The molecule has 0 saturated carbocycles. The standard InChI is InChI=1S/C16H21N3O/c1-13-6-5-7-14(10-13)18-15(12-17)11-16(20)19-8-3-2-4-9-19/h5-7,10,15,18H,2-4,8-9,11H2,1H3. The highest BCUT2D eigenvalue weighted by atomic mass is 16.2. The summed E-state index contributed by atoms with van der Waals surface area (Å²) in [5.74, 6) is 0.0800. The van der Waals surface area contributed by atoms with Gasteiger partial charge in [0, 0.05) is 18.8 Å². The third-order valence-electron chi connectivity index (χ3n) is 3.60. The average molecular weight is 271 g/mol. The van der Waals surface area contributed by atoms with Gasteiger partial charge < -0.3 is 10.2 Å². The lowest BCUT2D eigenvalue weighted by Crippen LogP contribution is -2.38. The van der Waals surface area contributed by atoms with E-state index in [0.717, 1.165) is 37.2 Å². The maximum Gasteiger partial charge on any atom is 0.225 e. The monoisotopic (exact) mass is 271 g/mol. The summed E-state index contributed by atoms with van der Waals surface area (Å²) in [6, 6.07) is 9.56. The SMILES string of the molecule is Cc1cccc(NC(C#N)CC(=O)N2CCCCC2)c1. The Morgan fingerprint density at radius 2 is 2.15 bits per heavy atom. The molecule has 1 aliphatic rings. The molecule has 4 heteroatoms. The number of aryl methyl sites for hydroxylation is 1. The molecule has 1 N–H and O–H groups in total. The van der Waals surface area contributed by atoms with Crippen molar-refractivity contribution in [2.75, 3.05) is 18.4 Å². The molecular weight excluding hydrogens is 250 g/mol. The van der Waals surface area contributed by atoms with E-state index >= 15 is 0 Å². The molecule has 1 aromatic rings. The molecule has 1 aromatic carbocycles. The second-order valence-corrected chi connectivity index (χ2v) is 5.34. The molecule has 0 aliphatic carbocycles. The number of hydrogen-bond donors (Lipinski definition) is 1. The van der Waals surface area contributed by atoms with Crippen molar-refractivity contribution in [3.8, 4) is 6.07 Å². The van der Waals surface area contributed by atoms with Crippen LogP contribution in [-0.2, 0) is 4.79 Å². The summed E-state index contributed by atoms with van der Waals surface area (Å²) in [5.41, 5.74) is 2.03. The average Bonchev–Trinajstić information content (AvgIpc) is 2.47. The van der Waals surface area contributed by atoms with Crippen molar-refractivity contribution in [3.05, 3.63) is 29.8 Å². The van der Waals surface area contributed by atoms with Crippen molar-refractivity contribution in [3.63, 3.8) is 0 Å². The number of benzene rings is 1. The van der Waals surface area contributed by atoms with Crippen LogP contribution in [0.4, 0.5) is 5.69 Å². The van der Waals surface area contributed by atoms with E-state index in [1.165, 1.54) is 6.42 Å². The number of nitrogens with zero attached hydrogens (tertiary/aromatic N) is 2. The van der Waals surface area contributed by atoms with Crippen LogP contribution in [0.1, 0.15) is 31.2 Å². The van der Waals surface area contributed by atoms with E-state index in [-0.39, 0.29) is 12.3 Å². The molecular formula is C16H21N3O. The minimum atomic E-state index is -0.466. The molecule has 1 aliphatic heterocycles. The molecule has 2 rings (SSSR count). The molecule has 20 heavy (non-hydrogen) atoms. The van der Waals surface area contributed by atoms with Crippen LogP contribution < -0.4 is 5.32 Å². The molecule has 106 valence electrons. The number of nitrogens with one attached hydrogen (secondary N) is 1. The fraction of sp³-hybridized carbons (Fsp3) is 0.500. The van der Waals surface area contributed by atoms with Crippen molar-refractivity contribution < 1.29 is 4.79 Å². The van der Waals surface area contributed by atoms with Crippen molar-refractivity contribution in [2.45, 2.75) is 38.6 Å². The first-order valence-corrected chi connectivity index (χ1v) is 7.19. The summed E-state index contributed by atoms with van der Waals surface area (Å²) in [6.45, 7) is 3.67. The van der Waals surface area contributed by atoms with Gasteiger partial charge in [-0.2, -0.15) is 5.26 Å². The molecule has 4 nitrogen and oxygen atoms in total. The van der Waals surface area contributed by atoms with Crippen LogP contribution in [0.15, 0.2) is 24.3 Å². The number of carbonyl (C=O) groups is 1. The van der Waals surface area contributed by atoms with E-state index in [1.807, 2.05) is 36.1 Å². The summed E-state index contributed by atoms with van der Waals surface area (Å²) in [7, 11) is 0. The lowest BCUT2D eigenvalue weighted by molar-refractivity contribution is -0.132. The van der Waals surface area contributed by atoms with Crippen molar-refractivity contribution in [1.82, 2.24) is 4.90 Å². The Kier molecular flexibility index (Phi) is 5.00. The minimum Gasteiger partial charge on any atom is -0.369 e. The minimum absolute atomic E-state index is 0.0800. The zero-order valence-corrected chi connectivity index (χ0v) is 11.9. The van der Waals surface area contributed by atoms with Gasteiger partial charge in [-0.25, -0.2) is 0 Å². The van der Waals surface area contributed by atoms with E-state index in [0.29, 0.717) is 0 Å². The maximum absolute atomic E-state index is 12.2. The molecule has 1 fully saturated rings. The molecule has 1 amide bonds. The van der Waals surface area contributed by atoms with Gasteiger partial charge in [0.15, 0.2) is 0 Å². The molecule has 1 atom stereocenters. The third kappa shape index (κ3) is 3.99.